The Morgan fingerprint density at radius 3 is 3.00 bits per heavy atom. The molecule has 1 aromatic heterocycles. The maximum Gasteiger partial charge on any atom is 0.345 e. The summed E-state index contributed by atoms with van der Waals surface area (Å²) in [5.41, 5.74) is 1.11. The zero-order valence-electron chi connectivity index (χ0n) is 10.6. The van der Waals surface area contributed by atoms with Gasteiger partial charge < -0.3 is 10.4 Å². The predicted octanol–water partition coefficient (Wildman–Crippen LogP) is 3.20. The highest BCUT2D eigenvalue weighted by molar-refractivity contribution is 7.14. The highest BCUT2D eigenvalue weighted by Gasteiger charge is 2.12. The van der Waals surface area contributed by atoms with Gasteiger partial charge in [-0.05, 0) is 50.3 Å². The van der Waals surface area contributed by atoms with E-state index in [0.717, 1.165) is 35.9 Å². The summed E-state index contributed by atoms with van der Waals surface area (Å²) in [6.45, 7) is 3.77. The van der Waals surface area contributed by atoms with Crippen LogP contribution in [0.1, 0.15) is 39.4 Å². The number of aromatic carboxylic acids is 1. The SMILES string of the molecule is Cc1sc(C(=O)O)cc1CNCC1CC=CCC1. The fraction of sp³-hybridized carbons (Fsp3) is 0.500. The Balaban J connectivity index is 1.82. The third-order valence-corrected chi connectivity index (χ3v) is 4.44. The van der Waals surface area contributed by atoms with Crippen LogP contribution in [0.2, 0.25) is 0 Å². The lowest BCUT2D eigenvalue weighted by atomic mass is 9.94. The molecule has 3 nitrogen and oxygen atoms in total. The minimum absolute atomic E-state index is 0.435. The number of allylic oxidation sites excluding steroid dienone is 2. The van der Waals surface area contributed by atoms with E-state index in [0.29, 0.717) is 4.88 Å². The maximum absolute atomic E-state index is 10.9. The summed E-state index contributed by atoms with van der Waals surface area (Å²) in [6.07, 6.45) is 8.11. The van der Waals surface area contributed by atoms with Crippen LogP contribution in [0, 0.1) is 12.8 Å². The predicted molar refractivity (Wildman–Crippen MR) is 74.2 cm³/mol. The van der Waals surface area contributed by atoms with Gasteiger partial charge in [0.15, 0.2) is 0 Å². The first-order valence-electron chi connectivity index (χ1n) is 6.35. The van der Waals surface area contributed by atoms with Crippen molar-refractivity contribution in [3.63, 3.8) is 0 Å². The molecular weight excluding hydrogens is 246 g/mol. The van der Waals surface area contributed by atoms with Crippen molar-refractivity contribution in [3.05, 3.63) is 33.5 Å². The van der Waals surface area contributed by atoms with E-state index in [1.165, 1.54) is 24.2 Å². The van der Waals surface area contributed by atoms with Gasteiger partial charge in [-0.2, -0.15) is 0 Å². The molecular formula is C14H19NO2S. The Labute approximate surface area is 112 Å². The first-order valence-corrected chi connectivity index (χ1v) is 7.17. The van der Waals surface area contributed by atoms with Crippen LogP contribution in [0.4, 0.5) is 0 Å². The molecule has 0 aromatic carbocycles. The zero-order valence-corrected chi connectivity index (χ0v) is 11.4. The molecule has 1 atom stereocenters. The smallest absolute Gasteiger partial charge is 0.345 e. The average Bonchev–Trinajstić information content (AvgIpc) is 2.73. The summed E-state index contributed by atoms with van der Waals surface area (Å²) in [6, 6.07) is 1.79. The van der Waals surface area contributed by atoms with E-state index < -0.39 is 5.97 Å². The van der Waals surface area contributed by atoms with Gasteiger partial charge in [0, 0.05) is 11.4 Å². The van der Waals surface area contributed by atoms with Crippen molar-refractivity contribution in [1.29, 1.82) is 0 Å². The van der Waals surface area contributed by atoms with Crippen LogP contribution in [0.3, 0.4) is 0 Å². The van der Waals surface area contributed by atoms with Gasteiger partial charge in [0.05, 0.1) is 0 Å². The minimum Gasteiger partial charge on any atom is -0.477 e. The fourth-order valence-electron chi connectivity index (χ4n) is 2.25. The second kappa shape index (κ2) is 6.16. The van der Waals surface area contributed by atoms with Gasteiger partial charge >= 0.3 is 5.97 Å². The van der Waals surface area contributed by atoms with Crippen molar-refractivity contribution in [2.45, 2.75) is 32.7 Å². The number of carboxylic acid groups (broad SMARTS) is 1. The van der Waals surface area contributed by atoms with Crippen LogP contribution in [-0.4, -0.2) is 17.6 Å². The molecule has 0 saturated heterocycles. The van der Waals surface area contributed by atoms with Crippen molar-refractivity contribution < 1.29 is 9.90 Å². The van der Waals surface area contributed by atoms with Gasteiger partial charge in [0.25, 0.3) is 0 Å². The van der Waals surface area contributed by atoms with Crippen molar-refractivity contribution in [3.8, 4) is 0 Å². The molecule has 0 bridgehead atoms. The van der Waals surface area contributed by atoms with Gasteiger partial charge in [0.2, 0.25) is 0 Å². The van der Waals surface area contributed by atoms with Crippen LogP contribution in [0.5, 0.6) is 0 Å². The lowest BCUT2D eigenvalue weighted by Crippen LogP contribution is -2.23. The molecule has 1 aliphatic carbocycles. The largest absolute Gasteiger partial charge is 0.477 e. The number of rotatable bonds is 5. The Hall–Kier alpha value is -1.13. The Bertz CT molecular complexity index is 451. The summed E-state index contributed by atoms with van der Waals surface area (Å²) >= 11 is 1.36. The monoisotopic (exact) mass is 265 g/mol. The van der Waals surface area contributed by atoms with E-state index in [4.69, 9.17) is 5.11 Å². The van der Waals surface area contributed by atoms with Gasteiger partial charge in [-0.1, -0.05) is 12.2 Å². The zero-order chi connectivity index (χ0) is 13.0. The molecule has 0 fully saturated rings. The summed E-state index contributed by atoms with van der Waals surface area (Å²) < 4.78 is 0. The van der Waals surface area contributed by atoms with Crippen molar-refractivity contribution in [1.82, 2.24) is 5.32 Å². The number of nitrogens with one attached hydrogen (secondary N) is 1. The number of carbonyl (C=O) groups is 1. The van der Waals surface area contributed by atoms with Gasteiger partial charge in [0.1, 0.15) is 4.88 Å². The normalized spacial score (nSPS) is 19.1. The van der Waals surface area contributed by atoms with Gasteiger partial charge in [-0.3, -0.25) is 0 Å². The quantitative estimate of drug-likeness (QED) is 0.804. The molecule has 0 radical (unpaired) electrons. The lowest BCUT2D eigenvalue weighted by Gasteiger charge is -2.18. The van der Waals surface area contributed by atoms with Crippen LogP contribution in [-0.2, 0) is 6.54 Å². The second-order valence-electron chi connectivity index (χ2n) is 4.78. The van der Waals surface area contributed by atoms with E-state index >= 15 is 0 Å². The van der Waals surface area contributed by atoms with Crippen LogP contribution >= 0.6 is 11.3 Å². The standard InChI is InChI=1S/C14H19NO2S/c1-10-12(7-13(18-10)14(16)17)9-15-8-11-5-3-2-4-6-11/h2-3,7,11,15H,4-6,8-9H2,1H3,(H,16,17). The molecule has 1 aliphatic rings. The number of hydrogen-bond acceptors (Lipinski definition) is 3. The topological polar surface area (TPSA) is 49.3 Å². The summed E-state index contributed by atoms with van der Waals surface area (Å²) in [5.74, 6) is -0.0975. The van der Waals surface area contributed by atoms with E-state index in [2.05, 4.69) is 17.5 Å². The Morgan fingerprint density at radius 1 is 1.56 bits per heavy atom. The summed E-state index contributed by atoms with van der Waals surface area (Å²) in [4.78, 5) is 12.4. The third-order valence-electron chi connectivity index (χ3n) is 3.36. The van der Waals surface area contributed by atoms with E-state index in [1.54, 1.807) is 6.07 Å². The fourth-order valence-corrected chi connectivity index (χ4v) is 3.13. The van der Waals surface area contributed by atoms with Crippen LogP contribution in [0.25, 0.3) is 0 Å². The van der Waals surface area contributed by atoms with Crippen molar-refractivity contribution in [2.24, 2.45) is 5.92 Å². The third kappa shape index (κ3) is 3.43. The lowest BCUT2D eigenvalue weighted by molar-refractivity contribution is 0.0702. The highest BCUT2D eigenvalue weighted by atomic mass is 32.1. The molecule has 0 saturated carbocycles. The van der Waals surface area contributed by atoms with Gasteiger partial charge in [-0.15, -0.1) is 11.3 Å². The van der Waals surface area contributed by atoms with Crippen molar-refractivity contribution in [2.75, 3.05) is 6.54 Å². The van der Waals surface area contributed by atoms with Crippen LogP contribution in [0.15, 0.2) is 18.2 Å². The molecule has 1 unspecified atom stereocenters. The minimum atomic E-state index is -0.827. The maximum atomic E-state index is 10.9. The van der Waals surface area contributed by atoms with Crippen molar-refractivity contribution >= 4 is 17.3 Å². The molecule has 1 aromatic rings. The van der Waals surface area contributed by atoms with E-state index in [1.807, 2.05) is 6.92 Å². The Kier molecular flexibility index (Phi) is 4.55. The molecule has 18 heavy (non-hydrogen) atoms. The summed E-state index contributed by atoms with van der Waals surface area (Å²) in [5, 5.41) is 12.4. The van der Waals surface area contributed by atoms with E-state index in [-0.39, 0.29) is 0 Å². The van der Waals surface area contributed by atoms with Crippen LogP contribution < -0.4 is 5.32 Å². The Morgan fingerprint density at radius 2 is 2.39 bits per heavy atom. The molecule has 2 rings (SSSR count). The number of hydrogen-bond donors (Lipinski definition) is 2. The molecule has 1 heterocycles. The molecule has 0 amide bonds. The first-order chi connectivity index (χ1) is 8.66. The van der Waals surface area contributed by atoms with E-state index in [9.17, 15) is 4.79 Å². The molecule has 4 heteroatoms. The number of aryl methyl sites for hydroxylation is 1. The molecule has 0 aliphatic heterocycles. The highest BCUT2D eigenvalue weighted by Crippen LogP contribution is 2.22. The number of thiophene rings is 1. The average molecular weight is 265 g/mol. The van der Waals surface area contributed by atoms with Gasteiger partial charge in [-0.25, -0.2) is 4.79 Å². The molecule has 0 spiro atoms. The first kappa shape index (κ1) is 13.3. The molecule has 98 valence electrons. The second-order valence-corrected chi connectivity index (χ2v) is 6.03. The number of carboxylic acids is 1. The summed E-state index contributed by atoms with van der Waals surface area (Å²) in [7, 11) is 0. The molecule has 2 N–H and O–H groups in total.